The van der Waals surface area contributed by atoms with Gasteiger partial charge in [-0.3, -0.25) is 4.79 Å². The van der Waals surface area contributed by atoms with Crippen LogP contribution in [0, 0.1) is 11.6 Å². The molecular formula is C17H16F2N4OS3. The first-order valence-electron chi connectivity index (χ1n) is 8.04. The number of anilines is 2. The van der Waals surface area contributed by atoms with E-state index in [4.69, 9.17) is 0 Å². The van der Waals surface area contributed by atoms with Crippen molar-refractivity contribution in [2.75, 3.05) is 17.2 Å². The highest BCUT2D eigenvalue weighted by atomic mass is 32.2. The Morgan fingerprint density at radius 2 is 2.00 bits per heavy atom. The minimum Gasteiger partial charge on any atom is -0.360 e. The van der Waals surface area contributed by atoms with Crippen LogP contribution in [-0.2, 0) is 11.2 Å². The average Bonchev–Trinajstić information content (AvgIpc) is 3.30. The fourth-order valence-electron chi connectivity index (χ4n) is 2.12. The zero-order valence-corrected chi connectivity index (χ0v) is 16.7. The third kappa shape index (κ3) is 5.47. The number of amides is 1. The molecule has 1 unspecified atom stereocenters. The molecule has 1 amide bonds. The van der Waals surface area contributed by atoms with Gasteiger partial charge in [-0.15, -0.1) is 21.5 Å². The van der Waals surface area contributed by atoms with Crippen LogP contribution in [0.3, 0.4) is 0 Å². The van der Waals surface area contributed by atoms with Crippen molar-refractivity contribution in [2.24, 2.45) is 0 Å². The third-order valence-corrected chi connectivity index (χ3v) is 6.49. The first-order chi connectivity index (χ1) is 13.0. The number of thiophene rings is 1. The predicted molar refractivity (Wildman–Crippen MR) is 107 cm³/mol. The molecule has 5 nitrogen and oxygen atoms in total. The van der Waals surface area contributed by atoms with Gasteiger partial charge >= 0.3 is 0 Å². The number of nitrogens with zero attached hydrogens (tertiary/aromatic N) is 2. The molecule has 0 aliphatic carbocycles. The Hall–Kier alpha value is -2.04. The van der Waals surface area contributed by atoms with E-state index >= 15 is 0 Å². The van der Waals surface area contributed by atoms with Crippen LogP contribution in [0.2, 0.25) is 0 Å². The number of nitrogens with one attached hydrogen (secondary N) is 2. The van der Waals surface area contributed by atoms with Crippen molar-refractivity contribution in [3.05, 3.63) is 52.2 Å². The van der Waals surface area contributed by atoms with Gasteiger partial charge in [-0.25, -0.2) is 8.78 Å². The number of thioether (sulfide) groups is 1. The lowest BCUT2D eigenvalue weighted by atomic mass is 10.3. The number of hydrogen-bond donors (Lipinski definition) is 2. The molecule has 3 aromatic rings. The van der Waals surface area contributed by atoms with Crippen molar-refractivity contribution in [1.82, 2.24) is 10.2 Å². The van der Waals surface area contributed by atoms with Crippen molar-refractivity contribution in [2.45, 2.75) is 22.9 Å². The topological polar surface area (TPSA) is 66.9 Å². The van der Waals surface area contributed by atoms with Gasteiger partial charge in [0, 0.05) is 11.4 Å². The summed E-state index contributed by atoms with van der Waals surface area (Å²) in [7, 11) is 0. The first kappa shape index (κ1) is 19.7. The Morgan fingerprint density at radius 3 is 2.70 bits per heavy atom. The number of carbonyl (C=O) groups excluding carboxylic acids is 1. The van der Waals surface area contributed by atoms with Crippen LogP contribution in [0.5, 0.6) is 0 Å². The number of carbonyl (C=O) groups is 1. The van der Waals surface area contributed by atoms with Crippen molar-refractivity contribution in [3.8, 4) is 0 Å². The van der Waals surface area contributed by atoms with E-state index in [2.05, 4.69) is 26.9 Å². The molecule has 10 heteroatoms. The van der Waals surface area contributed by atoms with E-state index in [-0.39, 0.29) is 0 Å². The Labute approximate surface area is 167 Å². The molecule has 1 atom stereocenters. The minimum atomic E-state index is -0.811. The molecule has 0 saturated carbocycles. The van der Waals surface area contributed by atoms with E-state index in [1.807, 2.05) is 11.4 Å². The van der Waals surface area contributed by atoms with Crippen LogP contribution in [0.1, 0.15) is 11.8 Å². The second-order valence-electron chi connectivity index (χ2n) is 5.48. The Bertz CT molecular complexity index is 881. The maximum absolute atomic E-state index is 13.6. The summed E-state index contributed by atoms with van der Waals surface area (Å²) < 4.78 is 27.9. The summed E-state index contributed by atoms with van der Waals surface area (Å²) >= 11 is 4.22. The molecule has 1 aromatic carbocycles. The fraction of sp³-hybridized carbons (Fsp3) is 0.235. The molecule has 0 spiro atoms. The van der Waals surface area contributed by atoms with Gasteiger partial charge in [0.05, 0.1) is 5.25 Å². The quantitative estimate of drug-likeness (QED) is 0.513. The highest BCUT2D eigenvalue weighted by molar-refractivity contribution is 8.02. The van der Waals surface area contributed by atoms with E-state index in [1.54, 1.807) is 18.3 Å². The van der Waals surface area contributed by atoms with Crippen LogP contribution in [0.15, 0.2) is 40.1 Å². The molecule has 0 saturated heterocycles. The van der Waals surface area contributed by atoms with E-state index in [0.717, 1.165) is 25.1 Å². The summed E-state index contributed by atoms with van der Waals surface area (Å²) in [5.74, 6) is -2.13. The maximum Gasteiger partial charge on any atom is 0.237 e. The molecule has 3 rings (SSSR count). The van der Waals surface area contributed by atoms with Gasteiger partial charge in [0.2, 0.25) is 11.0 Å². The van der Waals surface area contributed by atoms with Crippen LogP contribution in [0.25, 0.3) is 0 Å². The lowest BCUT2D eigenvalue weighted by Gasteiger charge is -2.11. The van der Waals surface area contributed by atoms with Crippen molar-refractivity contribution in [1.29, 1.82) is 0 Å². The molecule has 2 N–H and O–H groups in total. The van der Waals surface area contributed by atoms with Crippen LogP contribution >= 0.6 is 34.4 Å². The molecule has 27 heavy (non-hydrogen) atoms. The monoisotopic (exact) mass is 426 g/mol. The smallest absolute Gasteiger partial charge is 0.237 e. The van der Waals surface area contributed by atoms with Gasteiger partial charge in [-0.2, -0.15) is 0 Å². The Morgan fingerprint density at radius 1 is 1.22 bits per heavy atom. The predicted octanol–water partition coefficient (Wildman–Crippen LogP) is 4.65. The summed E-state index contributed by atoms with van der Waals surface area (Å²) in [6.45, 7) is 2.38. The summed E-state index contributed by atoms with van der Waals surface area (Å²) in [5.41, 5.74) is -0.442. The Balaban J connectivity index is 1.51. The summed E-state index contributed by atoms with van der Waals surface area (Å²) in [4.78, 5) is 13.5. The molecule has 0 radical (unpaired) electrons. The van der Waals surface area contributed by atoms with E-state index < -0.39 is 28.5 Å². The van der Waals surface area contributed by atoms with E-state index in [9.17, 15) is 13.6 Å². The van der Waals surface area contributed by atoms with Gasteiger partial charge in [0.15, 0.2) is 4.34 Å². The normalized spacial score (nSPS) is 12.0. The number of aromatic nitrogens is 2. The van der Waals surface area contributed by atoms with Crippen molar-refractivity contribution in [3.63, 3.8) is 0 Å². The van der Waals surface area contributed by atoms with Crippen molar-refractivity contribution < 1.29 is 13.6 Å². The van der Waals surface area contributed by atoms with Gasteiger partial charge < -0.3 is 10.6 Å². The van der Waals surface area contributed by atoms with E-state index in [0.29, 0.717) is 9.47 Å². The van der Waals surface area contributed by atoms with Gasteiger partial charge in [-0.1, -0.05) is 35.2 Å². The second kappa shape index (κ2) is 9.25. The second-order valence-corrected chi connectivity index (χ2v) is 9.07. The molecule has 0 bridgehead atoms. The SMILES string of the molecule is CC(Sc1nnc(NCCc2cccs2)s1)C(=O)Nc1c(F)cccc1F. The van der Waals surface area contributed by atoms with Gasteiger partial charge in [-0.05, 0) is 36.9 Å². The number of rotatable bonds is 8. The summed E-state index contributed by atoms with van der Waals surface area (Å²) in [5, 5.41) is 15.7. The summed E-state index contributed by atoms with van der Waals surface area (Å²) in [6, 6.07) is 7.52. The molecule has 0 aliphatic heterocycles. The molecule has 0 fully saturated rings. The molecule has 142 valence electrons. The number of hydrogen-bond acceptors (Lipinski definition) is 7. The Kier molecular flexibility index (Phi) is 6.75. The van der Waals surface area contributed by atoms with Gasteiger partial charge in [0.25, 0.3) is 0 Å². The van der Waals surface area contributed by atoms with Crippen molar-refractivity contribution >= 4 is 51.2 Å². The zero-order chi connectivity index (χ0) is 19.2. The fourth-order valence-corrected chi connectivity index (χ4v) is 4.75. The van der Waals surface area contributed by atoms with E-state index in [1.165, 1.54) is 34.0 Å². The number of halogens is 2. The zero-order valence-electron chi connectivity index (χ0n) is 14.2. The molecule has 0 aliphatic rings. The van der Waals surface area contributed by atoms with Crippen LogP contribution < -0.4 is 10.6 Å². The largest absolute Gasteiger partial charge is 0.360 e. The van der Waals surface area contributed by atoms with Crippen LogP contribution in [-0.4, -0.2) is 27.9 Å². The minimum absolute atomic E-state index is 0.442. The highest BCUT2D eigenvalue weighted by Gasteiger charge is 2.20. The molecule has 2 heterocycles. The maximum atomic E-state index is 13.6. The molecule has 2 aromatic heterocycles. The van der Waals surface area contributed by atoms with Crippen LogP contribution in [0.4, 0.5) is 19.6 Å². The summed E-state index contributed by atoms with van der Waals surface area (Å²) in [6.07, 6.45) is 0.896. The van der Waals surface area contributed by atoms with Gasteiger partial charge in [0.1, 0.15) is 17.3 Å². The first-order valence-corrected chi connectivity index (χ1v) is 10.6. The lowest BCUT2D eigenvalue weighted by Crippen LogP contribution is -2.23. The standard InChI is InChI=1S/C17H16F2N4OS3/c1-10(15(24)21-14-12(18)5-2-6-13(14)19)26-17-23-22-16(27-17)20-8-7-11-4-3-9-25-11/h2-6,9-10H,7-8H2,1H3,(H,20,22)(H,21,24). The average molecular weight is 427 g/mol. The highest BCUT2D eigenvalue weighted by Crippen LogP contribution is 2.30. The lowest BCUT2D eigenvalue weighted by molar-refractivity contribution is -0.115. The third-order valence-electron chi connectivity index (χ3n) is 3.49. The molecular weight excluding hydrogens is 410 g/mol. The number of benzene rings is 1. The number of para-hydroxylation sites is 1.